The van der Waals surface area contributed by atoms with Gasteiger partial charge in [0.25, 0.3) is 0 Å². The third-order valence-corrected chi connectivity index (χ3v) is 1.65. The standard InChI is InChI=1S/C9H14N2O/c1-6(10)4-7-5-8(11)2-3-9(7)12/h2-3,5-6,12H,4,10-11H2,1H3/t6-/m0/s1. The molecule has 3 nitrogen and oxygen atoms in total. The number of phenolic OH excluding ortho intramolecular Hbond substituents is 1. The second-order valence-electron chi connectivity index (χ2n) is 3.07. The van der Waals surface area contributed by atoms with Crippen molar-refractivity contribution in [3.8, 4) is 5.75 Å². The Morgan fingerprint density at radius 3 is 2.75 bits per heavy atom. The largest absolute Gasteiger partial charge is 0.508 e. The van der Waals surface area contributed by atoms with E-state index >= 15 is 0 Å². The number of hydrogen-bond acceptors (Lipinski definition) is 3. The zero-order chi connectivity index (χ0) is 9.14. The van der Waals surface area contributed by atoms with Crippen LogP contribution in [0.1, 0.15) is 12.5 Å². The number of hydrogen-bond donors (Lipinski definition) is 3. The van der Waals surface area contributed by atoms with Crippen LogP contribution in [-0.4, -0.2) is 11.1 Å². The summed E-state index contributed by atoms with van der Waals surface area (Å²) in [6, 6.07) is 5.05. The minimum atomic E-state index is 0.0395. The van der Waals surface area contributed by atoms with Crippen molar-refractivity contribution in [1.29, 1.82) is 0 Å². The van der Waals surface area contributed by atoms with E-state index in [1.807, 2.05) is 6.92 Å². The summed E-state index contributed by atoms with van der Waals surface area (Å²) in [5.74, 6) is 0.265. The molecule has 0 fully saturated rings. The van der Waals surface area contributed by atoms with Crippen LogP contribution in [0.4, 0.5) is 5.69 Å². The average Bonchev–Trinajstić information content (AvgIpc) is 1.96. The van der Waals surface area contributed by atoms with Crippen LogP contribution in [0.5, 0.6) is 5.75 Å². The van der Waals surface area contributed by atoms with Gasteiger partial charge in [-0.25, -0.2) is 0 Å². The molecule has 12 heavy (non-hydrogen) atoms. The molecule has 1 atom stereocenters. The summed E-state index contributed by atoms with van der Waals surface area (Å²) in [4.78, 5) is 0. The van der Waals surface area contributed by atoms with Crippen LogP contribution in [0.25, 0.3) is 0 Å². The van der Waals surface area contributed by atoms with Crippen LogP contribution < -0.4 is 11.5 Å². The van der Waals surface area contributed by atoms with Gasteiger partial charge in [-0.3, -0.25) is 0 Å². The van der Waals surface area contributed by atoms with Crippen molar-refractivity contribution in [3.63, 3.8) is 0 Å². The van der Waals surface area contributed by atoms with Crippen molar-refractivity contribution < 1.29 is 5.11 Å². The zero-order valence-electron chi connectivity index (χ0n) is 7.12. The first-order valence-corrected chi connectivity index (χ1v) is 3.92. The monoisotopic (exact) mass is 166 g/mol. The summed E-state index contributed by atoms with van der Waals surface area (Å²) >= 11 is 0. The molecule has 0 unspecified atom stereocenters. The lowest BCUT2D eigenvalue weighted by Gasteiger charge is -2.07. The van der Waals surface area contributed by atoms with E-state index in [4.69, 9.17) is 11.5 Å². The van der Waals surface area contributed by atoms with Gasteiger partial charge in [-0.05, 0) is 37.1 Å². The molecule has 1 aromatic carbocycles. The van der Waals surface area contributed by atoms with Gasteiger partial charge < -0.3 is 16.6 Å². The molecule has 0 saturated heterocycles. The highest BCUT2D eigenvalue weighted by Crippen LogP contribution is 2.20. The minimum absolute atomic E-state index is 0.0395. The average molecular weight is 166 g/mol. The number of aromatic hydroxyl groups is 1. The number of nitrogens with two attached hydrogens (primary N) is 2. The van der Waals surface area contributed by atoms with Crippen LogP contribution in [0, 0.1) is 0 Å². The van der Waals surface area contributed by atoms with Crippen molar-refractivity contribution in [2.45, 2.75) is 19.4 Å². The Bertz CT molecular complexity index is 271. The van der Waals surface area contributed by atoms with E-state index < -0.39 is 0 Å². The summed E-state index contributed by atoms with van der Waals surface area (Å²) in [6.07, 6.45) is 0.650. The van der Waals surface area contributed by atoms with Crippen molar-refractivity contribution >= 4 is 5.69 Å². The fourth-order valence-electron chi connectivity index (χ4n) is 1.12. The van der Waals surface area contributed by atoms with Crippen molar-refractivity contribution in [2.75, 3.05) is 5.73 Å². The molecule has 0 amide bonds. The number of phenols is 1. The number of nitrogen functional groups attached to an aromatic ring is 1. The van der Waals surface area contributed by atoms with E-state index in [0.717, 1.165) is 5.56 Å². The van der Waals surface area contributed by atoms with Gasteiger partial charge in [-0.15, -0.1) is 0 Å². The Morgan fingerprint density at radius 2 is 2.17 bits per heavy atom. The van der Waals surface area contributed by atoms with Gasteiger partial charge in [0.1, 0.15) is 5.75 Å². The maximum atomic E-state index is 9.37. The normalized spacial score (nSPS) is 12.8. The lowest BCUT2D eigenvalue weighted by atomic mass is 10.1. The summed E-state index contributed by atoms with van der Waals surface area (Å²) in [5.41, 5.74) is 12.6. The van der Waals surface area contributed by atoms with Crippen LogP contribution >= 0.6 is 0 Å². The SMILES string of the molecule is C[C@H](N)Cc1cc(N)ccc1O. The predicted molar refractivity (Wildman–Crippen MR) is 49.9 cm³/mol. The lowest BCUT2D eigenvalue weighted by molar-refractivity contribution is 0.466. The fraction of sp³-hybridized carbons (Fsp3) is 0.333. The fourth-order valence-corrected chi connectivity index (χ4v) is 1.12. The van der Waals surface area contributed by atoms with E-state index in [9.17, 15) is 5.11 Å². The molecule has 3 heteroatoms. The highest BCUT2D eigenvalue weighted by molar-refractivity contribution is 5.47. The van der Waals surface area contributed by atoms with Gasteiger partial charge >= 0.3 is 0 Å². The molecular formula is C9H14N2O. The molecule has 0 bridgehead atoms. The van der Waals surface area contributed by atoms with Gasteiger partial charge in [0.05, 0.1) is 0 Å². The summed E-state index contributed by atoms with van der Waals surface area (Å²) in [5, 5.41) is 9.37. The van der Waals surface area contributed by atoms with E-state index in [2.05, 4.69) is 0 Å². The number of rotatable bonds is 2. The third kappa shape index (κ3) is 2.13. The molecule has 0 aliphatic carbocycles. The Hall–Kier alpha value is -1.22. The van der Waals surface area contributed by atoms with Gasteiger partial charge in [0, 0.05) is 11.7 Å². The van der Waals surface area contributed by atoms with Gasteiger partial charge in [-0.1, -0.05) is 0 Å². The molecule has 0 aromatic heterocycles. The van der Waals surface area contributed by atoms with Crippen molar-refractivity contribution in [2.24, 2.45) is 5.73 Å². The molecule has 0 heterocycles. The lowest BCUT2D eigenvalue weighted by Crippen LogP contribution is -2.17. The third-order valence-electron chi connectivity index (χ3n) is 1.65. The molecule has 5 N–H and O–H groups in total. The molecule has 0 aliphatic heterocycles. The first kappa shape index (κ1) is 8.87. The Kier molecular flexibility index (Phi) is 2.55. The quantitative estimate of drug-likeness (QED) is 0.451. The van der Waals surface area contributed by atoms with Crippen LogP contribution in [0.3, 0.4) is 0 Å². The Labute approximate surface area is 72.0 Å². The second kappa shape index (κ2) is 3.45. The molecular weight excluding hydrogens is 152 g/mol. The summed E-state index contributed by atoms with van der Waals surface area (Å²) in [7, 11) is 0. The smallest absolute Gasteiger partial charge is 0.118 e. The van der Waals surface area contributed by atoms with Crippen molar-refractivity contribution in [1.82, 2.24) is 0 Å². The van der Waals surface area contributed by atoms with Crippen LogP contribution in [0.2, 0.25) is 0 Å². The molecule has 0 spiro atoms. The summed E-state index contributed by atoms with van der Waals surface area (Å²) in [6.45, 7) is 1.89. The van der Waals surface area contributed by atoms with E-state index in [-0.39, 0.29) is 11.8 Å². The highest BCUT2D eigenvalue weighted by Gasteiger charge is 2.03. The second-order valence-corrected chi connectivity index (χ2v) is 3.07. The van der Waals surface area contributed by atoms with Gasteiger partial charge in [0.2, 0.25) is 0 Å². The molecule has 66 valence electrons. The minimum Gasteiger partial charge on any atom is -0.508 e. The number of benzene rings is 1. The Balaban J connectivity index is 2.90. The first-order chi connectivity index (χ1) is 5.59. The maximum Gasteiger partial charge on any atom is 0.118 e. The Morgan fingerprint density at radius 1 is 1.50 bits per heavy atom. The molecule has 1 rings (SSSR count). The number of anilines is 1. The molecule has 0 aliphatic rings. The van der Waals surface area contributed by atoms with Crippen LogP contribution in [-0.2, 0) is 6.42 Å². The van der Waals surface area contributed by atoms with Crippen molar-refractivity contribution in [3.05, 3.63) is 23.8 Å². The van der Waals surface area contributed by atoms with E-state index in [0.29, 0.717) is 12.1 Å². The predicted octanol–water partition coefficient (Wildman–Crippen LogP) is 0.864. The van der Waals surface area contributed by atoms with Crippen LogP contribution in [0.15, 0.2) is 18.2 Å². The van der Waals surface area contributed by atoms with E-state index in [1.54, 1.807) is 18.2 Å². The molecule has 0 radical (unpaired) electrons. The first-order valence-electron chi connectivity index (χ1n) is 3.92. The topological polar surface area (TPSA) is 72.3 Å². The highest BCUT2D eigenvalue weighted by atomic mass is 16.3. The van der Waals surface area contributed by atoms with Gasteiger partial charge in [0.15, 0.2) is 0 Å². The summed E-state index contributed by atoms with van der Waals surface area (Å²) < 4.78 is 0. The zero-order valence-corrected chi connectivity index (χ0v) is 7.12. The van der Waals surface area contributed by atoms with Gasteiger partial charge in [-0.2, -0.15) is 0 Å². The molecule has 0 saturated carbocycles. The maximum absolute atomic E-state index is 9.37. The molecule has 1 aromatic rings. The van der Waals surface area contributed by atoms with E-state index in [1.165, 1.54) is 0 Å².